The van der Waals surface area contributed by atoms with E-state index in [4.69, 9.17) is 0 Å². The monoisotopic (exact) mass is 192 g/mol. The molecule has 1 unspecified atom stereocenters. The minimum Gasteiger partial charge on any atom is -0.316 e. The lowest BCUT2D eigenvalue weighted by Crippen LogP contribution is -2.38. The van der Waals surface area contributed by atoms with Crippen LogP contribution in [0, 0.1) is 5.92 Å². The highest BCUT2D eigenvalue weighted by molar-refractivity contribution is 5.85. The molecule has 3 heteroatoms. The van der Waals surface area contributed by atoms with Gasteiger partial charge < -0.3 is 10.6 Å². The van der Waals surface area contributed by atoms with Gasteiger partial charge in [0.1, 0.15) is 0 Å². The normalized spacial score (nSPS) is 23.8. The quantitative estimate of drug-likeness (QED) is 0.707. The Hall–Kier alpha value is 0.210. The van der Waals surface area contributed by atoms with E-state index in [9.17, 15) is 0 Å². The van der Waals surface area contributed by atoms with Crippen LogP contribution in [0.15, 0.2) is 0 Å². The van der Waals surface area contributed by atoms with Gasteiger partial charge in [-0.1, -0.05) is 13.8 Å². The van der Waals surface area contributed by atoms with Gasteiger partial charge in [-0.05, 0) is 38.4 Å². The van der Waals surface area contributed by atoms with Crippen LogP contribution < -0.4 is 10.6 Å². The first-order chi connectivity index (χ1) is 5.29. The molecule has 1 saturated heterocycles. The average molecular weight is 193 g/mol. The number of hydrogen-bond donors (Lipinski definition) is 2. The zero-order chi connectivity index (χ0) is 8.10. The number of halogens is 1. The second kappa shape index (κ2) is 6.70. The molecule has 1 rings (SSSR count). The molecule has 0 radical (unpaired) electrons. The highest BCUT2D eigenvalue weighted by Crippen LogP contribution is 2.08. The van der Waals surface area contributed by atoms with Gasteiger partial charge in [0.2, 0.25) is 0 Å². The molecule has 0 aliphatic carbocycles. The van der Waals surface area contributed by atoms with E-state index < -0.39 is 0 Å². The Balaban J connectivity index is 0.00000121. The summed E-state index contributed by atoms with van der Waals surface area (Å²) >= 11 is 0. The van der Waals surface area contributed by atoms with Crippen molar-refractivity contribution in [1.29, 1.82) is 0 Å². The van der Waals surface area contributed by atoms with Crippen molar-refractivity contribution in [2.45, 2.75) is 32.7 Å². The van der Waals surface area contributed by atoms with Crippen molar-refractivity contribution in [3.05, 3.63) is 0 Å². The van der Waals surface area contributed by atoms with E-state index in [1.165, 1.54) is 32.5 Å². The lowest BCUT2D eigenvalue weighted by molar-refractivity contribution is 0.351. The summed E-state index contributed by atoms with van der Waals surface area (Å²) in [7, 11) is 0. The van der Waals surface area contributed by atoms with Crippen molar-refractivity contribution in [2.24, 2.45) is 5.92 Å². The zero-order valence-corrected chi connectivity index (χ0v) is 8.91. The fourth-order valence-electron chi connectivity index (χ4n) is 1.50. The molecule has 1 aliphatic heterocycles. The van der Waals surface area contributed by atoms with Gasteiger partial charge in [-0.15, -0.1) is 12.4 Å². The van der Waals surface area contributed by atoms with Crippen LogP contribution in [0.2, 0.25) is 0 Å². The van der Waals surface area contributed by atoms with Gasteiger partial charge in [-0.25, -0.2) is 0 Å². The van der Waals surface area contributed by atoms with Gasteiger partial charge in [0.25, 0.3) is 0 Å². The standard InChI is InChI=1S/C9H20N2.ClH/c1-8(2)11-7-9-4-3-5-10-6-9;/h8-11H,3-7H2,1-2H3;1H. The summed E-state index contributed by atoms with van der Waals surface area (Å²) in [6.07, 6.45) is 2.75. The van der Waals surface area contributed by atoms with Gasteiger partial charge in [-0.3, -0.25) is 0 Å². The number of nitrogens with one attached hydrogen (secondary N) is 2. The molecule has 0 amide bonds. The minimum atomic E-state index is 0. The van der Waals surface area contributed by atoms with Crippen LogP contribution in [0.5, 0.6) is 0 Å². The Bertz CT molecular complexity index is 101. The molecule has 0 aromatic carbocycles. The van der Waals surface area contributed by atoms with Crippen molar-refractivity contribution in [3.8, 4) is 0 Å². The molecule has 0 saturated carbocycles. The van der Waals surface area contributed by atoms with Crippen molar-refractivity contribution < 1.29 is 0 Å². The Morgan fingerprint density at radius 2 is 2.25 bits per heavy atom. The van der Waals surface area contributed by atoms with Crippen LogP contribution in [-0.4, -0.2) is 25.7 Å². The first kappa shape index (κ1) is 12.2. The maximum absolute atomic E-state index is 3.48. The van der Waals surface area contributed by atoms with Crippen LogP contribution in [0.1, 0.15) is 26.7 Å². The highest BCUT2D eigenvalue weighted by Gasteiger charge is 2.11. The summed E-state index contributed by atoms with van der Waals surface area (Å²) in [5.41, 5.74) is 0. The van der Waals surface area contributed by atoms with E-state index in [0.717, 1.165) is 5.92 Å². The number of rotatable bonds is 3. The Kier molecular flexibility index (Phi) is 6.81. The van der Waals surface area contributed by atoms with Crippen LogP contribution in [0.25, 0.3) is 0 Å². The molecule has 1 fully saturated rings. The van der Waals surface area contributed by atoms with E-state index in [2.05, 4.69) is 24.5 Å². The lowest BCUT2D eigenvalue weighted by Gasteiger charge is -2.23. The molecular weight excluding hydrogens is 172 g/mol. The average Bonchev–Trinajstić information content (AvgIpc) is 2.03. The first-order valence-electron chi connectivity index (χ1n) is 4.73. The fraction of sp³-hybridized carbons (Fsp3) is 1.00. The van der Waals surface area contributed by atoms with Crippen molar-refractivity contribution in [1.82, 2.24) is 10.6 Å². The molecule has 2 nitrogen and oxygen atoms in total. The van der Waals surface area contributed by atoms with Crippen molar-refractivity contribution in [2.75, 3.05) is 19.6 Å². The molecule has 1 heterocycles. The molecule has 0 aromatic rings. The first-order valence-corrected chi connectivity index (χ1v) is 4.73. The molecule has 0 bridgehead atoms. The summed E-state index contributed by atoms with van der Waals surface area (Å²) < 4.78 is 0. The van der Waals surface area contributed by atoms with E-state index >= 15 is 0 Å². The predicted molar refractivity (Wildman–Crippen MR) is 56.0 cm³/mol. The van der Waals surface area contributed by atoms with E-state index in [1.54, 1.807) is 0 Å². The molecule has 2 N–H and O–H groups in total. The van der Waals surface area contributed by atoms with E-state index in [1.807, 2.05) is 0 Å². The van der Waals surface area contributed by atoms with Crippen LogP contribution in [0.3, 0.4) is 0 Å². The highest BCUT2D eigenvalue weighted by atomic mass is 35.5. The van der Waals surface area contributed by atoms with Crippen molar-refractivity contribution >= 4 is 12.4 Å². The Labute approximate surface area is 81.9 Å². The fourth-order valence-corrected chi connectivity index (χ4v) is 1.50. The third-order valence-electron chi connectivity index (χ3n) is 2.21. The third kappa shape index (κ3) is 4.96. The summed E-state index contributed by atoms with van der Waals surface area (Å²) in [5.74, 6) is 0.867. The molecule has 74 valence electrons. The second-order valence-electron chi connectivity index (χ2n) is 3.78. The molecule has 1 aliphatic rings. The topological polar surface area (TPSA) is 24.1 Å². The summed E-state index contributed by atoms with van der Waals surface area (Å²) in [4.78, 5) is 0. The van der Waals surface area contributed by atoms with Crippen LogP contribution in [-0.2, 0) is 0 Å². The summed E-state index contributed by atoms with van der Waals surface area (Å²) in [6.45, 7) is 8.02. The number of piperidine rings is 1. The van der Waals surface area contributed by atoms with E-state index in [-0.39, 0.29) is 12.4 Å². The van der Waals surface area contributed by atoms with Gasteiger partial charge in [0.15, 0.2) is 0 Å². The van der Waals surface area contributed by atoms with Crippen LogP contribution in [0.4, 0.5) is 0 Å². The van der Waals surface area contributed by atoms with Gasteiger partial charge >= 0.3 is 0 Å². The molecule has 1 atom stereocenters. The van der Waals surface area contributed by atoms with Crippen LogP contribution >= 0.6 is 12.4 Å². The third-order valence-corrected chi connectivity index (χ3v) is 2.21. The molecule has 12 heavy (non-hydrogen) atoms. The molecule has 0 spiro atoms. The van der Waals surface area contributed by atoms with Crippen molar-refractivity contribution in [3.63, 3.8) is 0 Å². The van der Waals surface area contributed by atoms with Gasteiger partial charge in [0.05, 0.1) is 0 Å². The maximum Gasteiger partial charge on any atom is 0.00105 e. The predicted octanol–water partition coefficient (Wildman–Crippen LogP) is 1.41. The molecular formula is C9H21ClN2. The minimum absolute atomic E-state index is 0. The summed E-state index contributed by atoms with van der Waals surface area (Å²) in [6, 6.07) is 0.636. The van der Waals surface area contributed by atoms with Gasteiger partial charge in [0, 0.05) is 6.04 Å². The SMILES string of the molecule is CC(C)NCC1CCCNC1.Cl. The molecule has 0 aromatic heterocycles. The second-order valence-corrected chi connectivity index (χ2v) is 3.78. The lowest BCUT2D eigenvalue weighted by atomic mass is 9.99. The maximum atomic E-state index is 3.48. The largest absolute Gasteiger partial charge is 0.316 e. The Morgan fingerprint density at radius 1 is 1.50 bits per heavy atom. The summed E-state index contributed by atoms with van der Waals surface area (Å²) in [5, 5.41) is 6.89. The zero-order valence-electron chi connectivity index (χ0n) is 8.10. The van der Waals surface area contributed by atoms with Gasteiger partial charge in [-0.2, -0.15) is 0 Å². The van der Waals surface area contributed by atoms with E-state index in [0.29, 0.717) is 6.04 Å². The smallest absolute Gasteiger partial charge is 0.00105 e. The Morgan fingerprint density at radius 3 is 2.75 bits per heavy atom. The number of hydrogen-bond acceptors (Lipinski definition) is 2.